The molecule has 0 saturated carbocycles. The van der Waals surface area contributed by atoms with Crippen molar-refractivity contribution < 1.29 is 25.9 Å². The molecule has 0 aliphatic carbocycles. The Morgan fingerprint density at radius 2 is 1.15 bits per heavy atom. The molecule has 8 nitrogen and oxygen atoms in total. The molecule has 4 aromatic carbocycles. The van der Waals surface area contributed by atoms with Crippen LogP contribution in [0.5, 0.6) is 0 Å². The number of nitrogens with zero attached hydrogens (tertiary/aromatic N) is 2. The lowest BCUT2D eigenvalue weighted by molar-refractivity contribution is 0.456. The van der Waals surface area contributed by atoms with Gasteiger partial charge in [0.05, 0.1) is 26.3 Å². The van der Waals surface area contributed by atoms with E-state index < -0.39 is 20.2 Å². The Hall–Kier alpha value is -4.22. The van der Waals surface area contributed by atoms with E-state index in [1.54, 1.807) is 0 Å². The van der Waals surface area contributed by atoms with E-state index in [9.17, 15) is 25.9 Å². The molecule has 0 N–H and O–H groups in total. The topological polar surface area (TPSA) is 121 Å². The number of allylic oxidation sites excluding steroid dienone is 7. The first-order chi connectivity index (χ1) is 25.1. The van der Waals surface area contributed by atoms with Gasteiger partial charge in [0.1, 0.15) is 0 Å². The normalized spacial score (nSPS) is 19.1. The fraction of sp³-hybridized carbons (Fsp3) is 0.349. The van der Waals surface area contributed by atoms with Gasteiger partial charge in [-0.15, -0.1) is 0 Å². The summed E-state index contributed by atoms with van der Waals surface area (Å²) in [5.74, 6) is -0.722. The lowest BCUT2D eigenvalue weighted by Gasteiger charge is -2.32. The average molecular weight is 753 g/mol. The van der Waals surface area contributed by atoms with Crippen LogP contribution < -0.4 is 9.80 Å². The largest absolute Gasteiger partial charge is 0.748 e. The predicted molar refractivity (Wildman–Crippen MR) is 216 cm³/mol. The monoisotopic (exact) mass is 752 g/mol. The number of anilines is 2. The molecule has 280 valence electrons. The third kappa shape index (κ3) is 8.31. The van der Waals surface area contributed by atoms with Gasteiger partial charge in [0.15, 0.2) is 0 Å². The van der Waals surface area contributed by atoms with Crippen LogP contribution in [-0.2, 0) is 31.1 Å². The summed E-state index contributed by atoms with van der Waals surface area (Å²) in [7, 11) is -8.51. The summed E-state index contributed by atoms with van der Waals surface area (Å²) < 4.78 is 67.6. The Bertz CT molecular complexity index is 2340. The maximum absolute atomic E-state index is 11.3. The molecule has 2 aliphatic heterocycles. The quantitative estimate of drug-likeness (QED) is 0.0715. The van der Waals surface area contributed by atoms with E-state index in [-0.39, 0.29) is 28.4 Å². The van der Waals surface area contributed by atoms with Crippen molar-refractivity contribution >= 4 is 53.2 Å². The third-order valence-corrected chi connectivity index (χ3v) is 12.3. The zero-order chi connectivity index (χ0) is 38.0. The van der Waals surface area contributed by atoms with Crippen LogP contribution in [0.1, 0.15) is 64.5 Å². The third-order valence-electron chi connectivity index (χ3n) is 10.8. The minimum Gasteiger partial charge on any atom is -0.748 e. The van der Waals surface area contributed by atoms with E-state index in [0.29, 0.717) is 38.8 Å². The molecule has 0 fully saturated rings. The second-order valence-corrected chi connectivity index (χ2v) is 18.2. The van der Waals surface area contributed by atoms with Crippen molar-refractivity contribution in [2.24, 2.45) is 0 Å². The summed E-state index contributed by atoms with van der Waals surface area (Å²) >= 11 is 0. The van der Waals surface area contributed by atoms with Crippen LogP contribution in [0, 0.1) is 0 Å². The summed E-state index contributed by atoms with van der Waals surface area (Å²) in [5, 5.41) is 4.74. The maximum atomic E-state index is 11.3. The second kappa shape index (κ2) is 15.3. The van der Waals surface area contributed by atoms with Gasteiger partial charge >= 0.3 is 0 Å². The molecule has 6 rings (SSSR count). The summed E-state index contributed by atoms with van der Waals surface area (Å²) in [5.41, 5.74) is 5.29. The predicted octanol–water partition coefficient (Wildman–Crippen LogP) is 8.46. The molecule has 0 saturated heterocycles. The highest BCUT2D eigenvalue weighted by Gasteiger charge is 2.44. The fourth-order valence-electron chi connectivity index (χ4n) is 8.36. The lowest BCUT2D eigenvalue weighted by atomic mass is 9.78. The molecule has 0 spiro atoms. The van der Waals surface area contributed by atoms with Gasteiger partial charge in [-0.05, 0) is 76.6 Å². The van der Waals surface area contributed by atoms with Crippen LogP contribution in [-0.4, -0.2) is 56.6 Å². The molecule has 0 aromatic heterocycles. The van der Waals surface area contributed by atoms with Gasteiger partial charge in [0.25, 0.3) is 0 Å². The van der Waals surface area contributed by atoms with E-state index in [4.69, 9.17) is 0 Å². The Balaban J connectivity index is 1.23. The summed E-state index contributed by atoms with van der Waals surface area (Å²) in [6, 6.07) is 25.3. The summed E-state index contributed by atoms with van der Waals surface area (Å²) in [6.45, 7) is 10.2. The van der Waals surface area contributed by atoms with Crippen LogP contribution in [0.3, 0.4) is 0 Å². The van der Waals surface area contributed by atoms with Crippen LogP contribution >= 0.6 is 0 Å². The zero-order valence-corrected chi connectivity index (χ0v) is 32.5. The molecule has 10 heteroatoms. The molecular weight excluding hydrogens is 705 g/mol. The van der Waals surface area contributed by atoms with Crippen molar-refractivity contribution in [1.82, 2.24) is 0 Å². The number of benzene rings is 4. The molecule has 1 unspecified atom stereocenters. The van der Waals surface area contributed by atoms with Crippen molar-refractivity contribution in [1.29, 1.82) is 0 Å². The summed E-state index contributed by atoms with van der Waals surface area (Å²) in [6.07, 6.45) is 16.2. The van der Waals surface area contributed by atoms with E-state index in [1.807, 2.05) is 36.4 Å². The van der Waals surface area contributed by atoms with Crippen LogP contribution in [0.4, 0.5) is 11.4 Å². The number of hydrogen-bond acceptors (Lipinski definition) is 8. The highest BCUT2D eigenvalue weighted by molar-refractivity contribution is 7.85. The minimum atomic E-state index is -4.26. The van der Waals surface area contributed by atoms with Gasteiger partial charge < -0.3 is 18.9 Å². The van der Waals surface area contributed by atoms with E-state index >= 15 is 0 Å². The van der Waals surface area contributed by atoms with Gasteiger partial charge in [-0.1, -0.05) is 125 Å². The molecule has 2 heterocycles. The van der Waals surface area contributed by atoms with Gasteiger partial charge in [0, 0.05) is 52.5 Å². The van der Waals surface area contributed by atoms with Crippen molar-refractivity contribution in [3.05, 3.63) is 132 Å². The van der Waals surface area contributed by atoms with Gasteiger partial charge in [-0.3, -0.25) is 0 Å². The standard InChI is InChI=1S/C43H50N2O6S2/c1-42(2)38(44(28-14-16-30-52(46,47)48)36-26-24-32-18-10-12-20-34(32)40(36)42)22-8-6-5-7-9-23-39-43(3,4)41-35-21-13-11-19-33(35)25-27-37(41)45(39)29-15-17-31-53(49,50)51/h5-13,18-27,38H,14-17,28-31H2,1-4H3,(H,46,47,48)(H,49,50,51)/p-2/b6-5+,9-7+,22-8+,39-23+. The van der Waals surface area contributed by atoms with Crippen molar-refractivity contribution in [3.8, 4) is 0 Å². The average Bonchev–Trinajstić information content (AvgIpc) is 3.45. The Morgan fingerprint density at radius 3 is 1.77 bits per heavy atom. The molecule has 53 heavy (non-hydrogen) atoms. The first kappa shape index (κ1) is 38.5. The van der Waals surface area contributed by atoms with E-state index in [0.717, 1.165) is 17.1 Å². The van der Waals surface area contributed by atoms with Crippen LogP contribution in [0.25, 0.3) is 21.5 Å². The number of unbranched alkanes of at least 4 members (excludes halogenated alkanes) is 2. The molecule has 0 amide bonds. The highest BCUT2D eigenvalue weighted by Crippen LogP contribution is 2.51. The van der Waals surface area contributed by atoms with Gasteiger partial charge in [-0.25, -0.2) is 16.8 Å². The Kier molecular flexibility index (Phi) is 11.1. The zero-order valence-electron chi connectivity index (χ0n) is 30.9. The van der Waals surface area contributed by atoms with Crippen molar-refractivity contribution in [2.45, 2.75) is 70.3 Å². The second-order valence-electron chi connectivity index (χ2n) is 15.1. The molecule has 4 aromatic rings. The SMILES string of the molecule is CC1(C)\C(=C/C=C/C=C/C=C/C2N(CCCCS(=O)(=O)[O-])c3ccc4ccccc4c3C2(C)C)N(CCCCS(=O)(=O)[O-])c2ccc3ccccc3c21. The Morgan fingerprint density at radius 1 is 0.623 bits per heavy atom. The number of rotatable bonds is 14. The maximum Gasteiger partial charge on any atom is 0.0945 e. The van der Waals surface area contributed by atoms with Crippen LogP contribution in [0.15, 0.2) is 121 Å². The first-order valence-electron chi connectivity index (χ1n) is 18.3. The molecule has 1 atom stereocenters. The Labute approximate surface area is 314 Å². The van der Waals surface area contributed by atoms with Crippen molar-refractivity contribution in [2.75, 3.05) is 34.4 Å². The number of hydrogen-bond donors (Lipinski definition) is 0. The summed E-state index contributed by atoms with van der Waals surface area (Å²) in [4.78, 5) is 4.60. The smallest absolute Gasteiger partial charge is 0.0945 e. The van der Waals surface area contributed by atoms with E-state index in [2.05, 4.69) is 116 Å². The molecule has 0 radical (unpaired) electrons. The van der Waals surface area contributed by atoms with Gasteiger partial charge in [-0.2, -0.15) is 0 Å². The molecule has 0 bridgehead atoms. The van der Waals surface area contributed by atoms with E-state index in [1.165, 1.54) is 32.7 Å². The molecule has 2 aliphatic rings. The number of fused-ring (bicyclic) bond motifs is 6. The minimum absolute atomic E-state index is 0.0145. The molecular formula is C43H48N2O6S2-2. The van der Waals surface area contributed by atoms with Crippen molar-refractivity contribution in [3.63, 3.8) is 0 Å². The first-order valence-corrected chi connectivity index (χ1v) is 21.4. The fourth-order valence-corrected chi connectivity index (χ4v) is 9.48. The van der Waals surface area contributed by atoms with Gasteiger partial charge in [0.2, 0.25) is 0 Å². The highest BCUT2D eigenvalue weighted by atomic mass is 32.2. The lowest BCUT2D eigenvalue weighted by Crippen LogP contribution is -2.40. The van der Waals surface area contributed by atoms with Crippen LogP contribution in [0.2, 0.25) is 0 Å².